The number of hydrogen-bond donors (Lipinski definition) is 1. The SMILES string of the molecule is C=C(Nc1ncc(F)s1)C(CC1CCCC1)c1ccc(SC)cc1. The molecule has 1 aliphatic rings. The van der Waals surface area contributed by atoms with Crippen LogP contribution in [0.15, 0.2) is 47.6 Å². The second-order valence-electron chi connectivity index (χ2n) is 6.33. The van der Waals surface area contributed by atoms with Crippen LogP contribution in [0.5, 0.6) is 0 Å². The van der Waals surface area contributed by atoms with Crippen molar-refractivity contribution in [1.82, 2.24) is 4.98 Å². The highest BCUT2D eigenvalue weighted by atomic mass is 32.2. The van der Waals surface area contributed by atoms with Gasteiger partial charge in [-0.25, -0.2) is 4.98 Å². The molecule has 0 bridgehead atoms. The normalized spacial score (nSPS) is 16.2. The molecule has 1 heterocycles. The number of nitrogens with zero attached hydrogens (tertiary/aromatic N) is 1. The first kappa shape index (κ1) is 17.5. The first-order valence-corrected chi connectivity index (χ1v) is 10.4. The van der Waals surface area contributed by atoms with Gasteiger partial charge in [0.05, 0.1) is 6.20 Å². The molecular formula is C19H23FN2S2. The van der Waals surface area contributed by atoms with Crippen molar-refractivity contribution in [3.63, 3.8) is 0 Å². The summed E-state index contributed by atoms with van der Waals surface area (Å²) < 4.78 is 13.2. The van der Waals surface area contributed by atoms with E-state index in [0.29, 0.717) is 5.13 Å². The van der Waals surface area contributed by atoms with Crippen LogP contribution in [0, 0.1) is 11.0 Å². The second kappa shape index (κ2) is 8.17. The molecule has 2 nitrogen and oxygen atoms in total. The van der Waals surface area contributed by atoms with E-state index in [9.17, 15) is 4.39 Å². The largest absolute Gasteiger partial charge is 0.335 e. The number of aromatic nitrogens is 1. The van der Waals surface area contributed by atoms with Gasteiger partial charge < -0.3 is 5.32 Å². The standard InChI is InChI=1S/C19H23FN2S2/c1-13(22-19-21-12-18(20)24-19)17(11-14-5-3-4-6-14)15-7-9-16(23-2)10-8-15/h7-10,12,14,17H,1,3-6,11H2,2H3,(H,21,22). The fourth-order valence-electron chi connectivity index (χ4n) is 3.43. The predicted octanol–water partition coefficient (Wildman–Crippen LogP) is 6.29. The van der Waals surface area contributed by atoms with Gasteiger partial charge in [-0.15, -0.1) is 11.8 Å². The molecule has 1 aromatic heterocycles. The van der Waals surface area contributed by atoms with Crippen LogP contribution < -0.4 is 5.32 Å². The summed E-state index contributed by atoms with van der Waals surface area (Å²) in [5.41, 5.74) is 2.18. The molecule has 0 saturated heterocycles. The van der Waals surface area contributed by atoms with E-state index in [0.717, 1.165) is 29.4 Å². The lowest BCUT2D eigenvalue weighted by Gasteiger charge is -2.24. The first-order valence-electron chi connectivity index (χ1n) is 8.37. The van der Waals surface area contributed by atoms with E-state index in [1.165, 1.54) is 42.3 Å². The van der Waals surface area contributed by atoms with E-state index in [-0.39, 0.29) is 11.0 Å². The van der Waals surface area contributed by atoms with Crippen LogP contribution in [0.2, 0.25) is 0 Å². The molecule has 1 saturated carbocycles. The van der Waals surface area contributed by atoms with Crippen molar-refractivity contribution in [3.05, 3.63) is 53.4 Å². The molecule has 0 spiro atoms. The van der Waals surface area contributed by atoms with Crippen LogP contribution in [0.1, 0.15) is 43.6 Å². The number of thioether (sulfide) groups is 1. The topological polar surface area (TPSA) is 24.9 Å². The Balaban J connectivity index is 1.78. The Morgan fingerprint density at radius 1 is 1.38 bits per heavy atom. The van der Waals surface area contributed by atoms with Crippen molar-refractivity contribution in [2.45, 2.75) is 42.9 Å². The van der Waals surface area contributed by atoms with Crippen molar-refractivity contribution in [1.29, 1.82) is 0 Å². The molecule has 5 heteroatoms. The lowest BCUT2D eigenvalue weighted by molar-refractivity contribution is 0.471. The maximum atomic E-state index is 13.2. The van der Waals surface area contributed by atoms with Gasteiger partial charge in [-0.3, -0.25) is 0 Å². The average molecular weight is 363 g/mol. The van der Waals surface area contributed by atoms with Crippen LogP contribution in [0.4, 0.5) is 9.52 Å². The Hall–Kier alpha value is -1.33. The monoisotopic (exact) mass is 362 g/mol. The molecule has 0 amide bonds. The van der Waals surface area contributed by atoms with Gasteiger partial charge in [-0.2, -0.15) is 4.39 Å². The van der Waals surface area contributed by atoms with Crippen molar-refractivity contribution < 1.29 is 4.39 Å². The zero-order chi connectivity index (χ0) is 16.9. The molecule has 24 heavy (non-hydrogen) atoms. The Morgan fingerprint density at radius 3 is 2.67 bits per heavy atom. The molecule has 1 aromatic carbocycles. The summed E-state index contributed by atoms with van der Waals surface area (Å²) in [6, 6.07) is 8.72. The summed E-state index contributed by atoms with van der Waals surface area (Å²) in [6.45, 7) is 4.25. The number of hydrogen-bond acceptors (Lipinski definition) is 4. The van der Waals surface area contributed by atoms with Gasteiger partial charge in [0.1, 0.15) is 0 Å². The van der Waals surface area contributed by atoms with E-state index in [1.807, 2.05) is 0 Å². The number of allylic oxidation sites excluding steroid dienone is 1. The maximum Gasteiger partial charge on any atom is 0.198 e. The quantitative estimate of drug-likeness (QED) is 0.586. The van der Waals surface area contributed by atoms with Crippen molar-refractivity contribution in [3.8, 4) is 0 Å². The number of benzene rings is 1. The van der Waals surface area contributed by atoms with Crippen LogP contribution in [-0.2, 0) is 0 Å². The van der Waals surface area contributed by atoms with E-state index in [1.54, 1.807) is 11.8 Å². The molecule has 0 aliphatic heterocycles. The lowest BCUT2D eigenvalue weighted by atomic mass is 9.86. The van der Waals surface area contributed by atoms with Crippen molar-refractivity contribution in [2.24, 2.45) is 5.92 Å². The van der Waals surface area contributed by atoms with Crippen LogP contribution in [0.25, 0.3) is 0 Å². The maximum absolute atomic E-state index is 13.2. The third kappa shape index (κ3) is 4.39. The minimum absolute atomic E-state index is 0.232. The first-order chi connectivity index (χ1) is 11.7. The van der Waals surface area contributed by atoms with Gasteiger partial charge in [0.25, 0.3) is 0 Å². The van der Waals surface area contributed by atoms with Crippen LogP contribution in [0.3, 0.4) is 0 Å². The summed E-state index contributed by atoms with van der Waals surface area (Å²) >= 11 is 2.77. The highest BCUT2D eigenvalue weighted by Crippen LogP contribution is 2.38. The third-order valence-electron chi connectivity index (χ3n) is 4.73. The summed E-state index contributed by atoms with van der Waals surface area (Å²) in [5.74, 6) is 0.984. The Labute approximate surface area is 151 Å². The zero-order valence-corrected chi connectivity index (χ0v) is 15.6. The summed E-state index contributed by atoms with van der Waals surface area (Å²) in [6.07, 6.45) is 9.71. The smallest absolute Gasteiger partial charge is 0.198 e. The summed E-state index contributed by atoms with van der Waals surface area (Å²) in [5, 5.41) is 3.53. The molecule has 2 aromatic rings. The van der Waals surface area contributed by atoms with E-state index < -0.39 is 0 Å². The number of rotatable bonds is 7. The third-order valence-corrected chi connectivity index (χ3v) is 6.17. The molecule has 3 rings (SSSR count). The Kier molecular flexibility index (Phi) is 5.95. The molecule has 1 aliphatic carbocycles. The van der Waals surface area contributed by atoms with E-state index in [4.69, 9.17) is 0 Å². The average Bonchev–Trinajstić information content (AvgIpc) is 3.24. The zero-order valence-electron chi connectivity index (χ0n) is 13.9. The number of nitrogens with one attached hydrogen (secondary N) is 1. The van der Waals surface area contributed by atoms with Crippen LogP contribution >= 0.6 is 23.1 Å². The van der Waals surface area contributed by atoms with Crippen molar-refractivity contribution >= 4 is 28.2 Å². The second-order valence-corrected chi connectivity index (χ2v) is 8.19. The van der Waals surface area contributed by atoms with Gasteiger partial charge in [-0.1, -0.05) is 55.7 Å². The Bertz CT molecular complexity index is 675. The number of halogens is 1. The highest BCUT2D eigenvalue weighted by Gasteiger charge is 2.24. The van der Waals surface area contributed by atoms with Gasteiger partial charge >= 0.3 is 0 Å². The molecule has 1 N–H and O–H groups in total. The fraction of sp³-hybridized carbons (Fsp3) is 0.421. The van der Waals surface area contributed by atoms with E-state index >= 15 is 0 Å². The molecule has 1 fully saturated rings. The lowest BCUT2D eigenvalue weighted by Crippen LogP contribution is -2.13. The molecular weight excluding hydrogens is 339 g/mol. The highest BCUT2D eigenvalue weighted by molar-refractivity contribution is 7.98. The molecule has 1 unspecified atom stereocenters. The summed E-state index contributed by atoms with van der Waals surface area (Å²) in [4.78, 5) is 5.32. The number of anilines is 1. The van der Waals surface area contributed by atoms with E-state index in [2.05, 4.69) is 47.4 Å². The molecule has 0 radical (unpaired) electrons. The minimum atomic E-state index is -0.276. The van der Waals surface area contributed by atoms with Gasteiger partial charge in [0, 0.05) is 16.5 Å². The van der Waals surface area contributed by atoms with Gasteiger partial charge in [-0.05, 0) is 36.3 Å². The molecule has 128 valence electrons. The van der Waals surface area contributed by atoms with Crippen molar-refractivity contribution in [2.75, 3.05) is 11.6 Å². The predicted molar refractivity (Wildman–Crippen MR) is 102 cm³/mol. The molecule has 1 atom stereocenters. The number of thiazole rings is 1. The Morgan fingerprint density at radius 2 is 2.08 bits per heavy atom. The summed E-state index contributed by atoms with van der Waals surface area (Å²) in [7, 11) is 0. The van der Waals surface area contributed by atoms with Gasteiger partial charge in [0.2, 0.25) is 0 Å². The van der Waals surface area contributed by atoms with Crippen LogP contribution in [-0.4, -0.2) is 11.2 Å². The van der Waals surface area contributed by atoms with Gasteiger partial charge in [0.15, 0.2) is 10.3 Å². The minimum Gasteiger partial charge on any atom is -0.335 e. The fourth-order valence-corrected chi connectivity index (χ4v) is 4.42.